The molecule has 274 valence electrons. The summed E-state index contributed by atoms with van der Waals surface area (Å²) in [6.07, 6.45) is 7.45. The summed E-state index contributed by atoms with van der Waals surface area (Å²) in [6, 6.07) is 31.7. The first-order chi connectivity index (χ1) is 25.4. The van der Waals surface area contributed by atoms with E-state index in [-0.39, 0.29) is 43.5 Å². The maximum Gasteiger partial charge on any atom is 0.224 e. The smallest absolute Gasteiger partial charge is 0.224 e. The van der Waals surface area contributed by atoms with E-state index < -0.39 is 6.29 Å². The van der Waals surface area contributed by atoms with Gasteiger partial charge in [0.1, 0.15) is 0 Å². The number of hydrogen-bond donors (Lipinski definition) is 4. The Balaban J connectivity index is 1.08. The lowest BCUT2D eigenvalue weighted by Gasteiger charge is -2.39. The number of aliphatic hydroxyl groups is 1. The van der Waals surface area contributed by atoms with Crippen LogP contribution in [0.25, 0.3) is 11.1 Å². The number of carbonyl (C=O) groups excluding carboxylic acids is 2. The second-order valence-corrected chi connectivity index (χ2v) is 14.0. The number of nitrogens with two attached hydrogens (primary N) is 1. The molecule has 3 atom stereocenters. The number of nitrogens with zero attached hydrogens (tertiary/aromatic N) is 1. The zero-order valence-corrected chi connectivity index (χ0v) is 30.0. The Morgan fingerprint density at radius 1 is 0.750 bits per heavy atom. The van der Waals surface area contributed by atoms with Crippen LogP contribution in [0, 0.1) is 0 Å². The number of carbonyl (C=O) groups is 2. The number of rotatable bonds is 13. The first kappa shape index (κ1) is 37.2. The number of ether oxygens (including phenoxy) is 2. The molecule has 0 aliphatic carbocycles. The highest BCUT2D eigenvalue weighted by Crippen LogP contribution is 2.39. The molecular weight excluding hydrogens is 652 g/mol. The van der Waals surface area contributed by atoms with Crippen LogP contribution in [-0.4, -0.2) is 47.6 Å². The van der Waals surface area contributed by atoms with Gasteiger partial charge in [-0.05, 0) is 84.4 Å². The first-order valence-corrected chi connectivity index (χ1v) is 18.8. The molecule has 6 rings (SSSR count). The summed E-state index contributed by atoms with van der Waals surface area (Å²) in [7, 11) is 0. The van der Waals surface area contributed by atoms with E-state index in [2.05, 4.69) is 58.0 Å². The van der Waals surface area contributed by atoms with Crippen LogP contribution in [-0.2, 0) is 32.2 Å². The Morgan fingerprint density at radius 3 is 2.23 bits per heavy atom. The Kier molecular flexibility index (Phi) is 13.5. The van der Waals surface area contributed by atoms with E-state index in [0.29, 0.717) is 24.3 Å². The zero-order valence-electron chi connectivity index (χ0n) is 30.0. The van der Waals surface area contributed by atoms with E-state index in [1.54, 1.807) is 12.1 Å². The van der Waals surface area contributed by atoms with Gasteiger partial charge in [-0.2, -0.15) is 0 Å². The third-order valence-electron chi connectivity index (χ3n) is 9.98. The summed E-state index contributed by atoms with van der Waals surface area (Å²) in [5.74, 6) is -0.267. The standard InChI is InChI=1S/C43H52N4O5/c44-38-15-4-5-16-39(38)46-42(50)18-10-17-41(49)45-28-32-11-8-12-34(25-32)35-13-9-14-36(26-35)43-51-37(29-47-23-6-2-1-3-7-24-47)27-40(52-43)33-21-19-31(30-48)20-22-33/h4-5,8-9,11-16,19-22,25-26,37,40,43,48H,1-3,6-7,10,17-18,23-24,27-30,44H2,(H,45,49)(H,46,50)/t37-,40+,43+/m1/s1. The van der Waals surface area contributed by atoms with Crippen molar-refractivity contribution in [3.05, 3.63) is 119 Å². The summed E-state index contributed by atoms with van der Waals surface area (Å²) in [5, 5.41) is 15.4. The highest BCUT2D eigenvalue weighted by Gasteiger charge is 2.33. The summed E-state index contributed by atoms with van der Waals surface area (Å²) in [6.45, 7) is 3.50. The van der Waals surface area contributed by atoms with Crippen molar-refractivity contribution in [3.8, 4) is 11.1 Å². The number of likely N-dealkylation sites (tertiary alicyclic amines) is 1. The maximum atomic E-state index is 12.6. The van der Waals surface area contributed by atoms with Gasteiger partial charge >= 0.3 is 0 Å². The molecule has 4 aromatic carbocycles. The number of benzene rings is 4. The molecule has 0 saturated carbocycles. The largest absolute Gasteiger partial charge is 0.397 e. The van der Waals surface area contributed by atoms with Gasteiger partial charge in [-0.1, -0.05) is 92.1 Å². The van der Waals surface area contributed by atoms with Crippen LogP contribution >= 0.6 is 0 Å². The van der Waals surface area contributed by atoms with Gasteiger partial charge in [0.05, 0.1) is 30.2 Å². The number of anilines is 2. The number of nitrogen functional groups attached to an aromatic ring is 1. The molecule has 2 heterocycles. The van der Waals surface area contributed by atoms with Crippen LogP contribution in [0.3, 0.4) is 0 Å². The molecule has 0 unspecified atom stereocenters. The van der Waals surface area contributed by atoms with Gasteiger partial charge in [0.15, 0.2) is 6.29 Å². The molecule has 2 saturated heterocycles. The summed E-state index contributed by atoms with van der Waals surface area (Å²) >= 11 is 0. The van der Waals surface area contributed by atoms with Gasteiger partial charge in [0.25, 0.3) is 0 Å². The molecule has 2 aliphatic heterocycles. The highest BCUT2D eigenvalue weighted by atomic mass is 16.7. The van der Waals surface area contributed by atoms with Crippen molar-refractivity contribution >= 4 is 23.2 Å². The monoisotopic (exact) mass is 704 g/mol. The van der Waals surface area contributed by atoms with Crippen LogP contribution in [0.1, 0.15) is 92.4 Å². The molecule has 9 nitrogen and oxygen atoms in total. The molecule has 52 heavy (non-hydrogen) atoms. The third kappa shape index (κ3) is 10.7. The van der Waals surface area contributed by atoms with Gasteiger partial charge in [-0.3, -0.25) is 9.59 Å². The Bertz CT molecular complexity index is 1750. The molecule has 9 heteroatoms. The van der Waals surface area contributed by atoms with E-state index in [0.717, 1.165) is 59.4 Å². The number of aliphatic hydroxyl groups excluding tert-OH is 1. The topological polar surface area (TPSA) is 126 Å². The second kappa shape index (κ2) is 18.8. The van der Waals surface area contributed by atoms with Crippen molar-refractivity contribution in [2.45, 2.75) is 89.4 Å². The van der Waals surface area contributed by atoms with Crippen molar-refractivity contribution in [2.75, 3.05) is 30.7 Å². The molecular formula is C43H52N4O5. The van der Waals surface area contributed by atoms with Crippen LogP contribution < -0.4 is 16.4 Å². The van der Waals surface area contributed by atoms with Gasteiger partial charge in [-0.25, -0.2) is 0 Å². The minimum Gasteiger partial charge on any atom is -0.397 e. The van der Waals surface area contributed by atoms with Gasteiger partial charge in [-0.15, -0.1) is 0 Å². The van der Waals surface area contributed by atoms with Crippen molar-refractivity contribution in [1.82, 2.24) is 10.2 Å². The van der Waals surface area contributed by atoms with Gasteiger partial charge in [0.2, 0.25) is 11.8 Å². The first-order valence-electron chi connectivity index (χ1n) is 18.8. The predicted molar refractivity (Wildman–Crippen MR) is 205 cm³/mol. The number of amides is 2. The quantitative estimate of drug-likeness (QED) is 0.105. The van der Waals surface area contributed by atoms with E-state index in [4.69, 9.17) is 15.2 Å². The molecule has 5 N–H and O–H groups in total. The number of hydrogen-bond acceptors (Lipinski definition) is 7. The van der Waals surface area contributed by atoms with Crippen LogP contribution in [0.15, 0.2) is 97.1 Å². The highest BCUT2D eigenvalue weighted by molar-refractivity contribution is 5.94. The van der Waals surface area contributed by atoms with Gasteiger partial charge in [0, 0.05) is 37.9 Å². The normalized spacial score (nSPS) is 19.7. The predicted octanol–water partition coefficient (Wildman–Crippen LogP) is 7.66. The Labute approximate surface area is 307 Å². The molecule has 2 aliphatic rings. The van der Waals surface area contributed by atoms with Crippen molar-refractivity contribution in [1.29, 1.82) is 0 Å². The Hall–Kier alpha value is -4.54. The van der Waals surface area contributed by atoms with Crippen LogP contribution in [0.5, 0.6) is 0 Å². The average molecular weight is 705 g/mol. The maximum absolute atomic E-state index is 12.6. The average Bonchev–Trinajstić information content (AvgIpc) is 3.16. The fourth-order valence-corrected chi connectivity index (χ4v) is 7.06. The van der Waals surface area contributed by atoms with E-state index in [9.17, 15) is 14.7 Å². The van der Waals surface area contributed by atoms with Crippen LogP contribution in [0.4, 0.5) is 11.4 Å². The number of nitrogens with one attached hydrogen (secondary N) is 2. The lowest BCUT2D eigenvalue weighted by molar-refractivity contribution is -0.253. The fraction of sp³-hybridized carbons (Fsp3) is 0.395. The van der Waals surface area contributed by atoms with Crippen molar-refractivity contribution in [3.63, 3.8) is 0 Å². The third-order valence-corrected chi connectivity index (χ3v) is 9.98. The SMILES string of the molecule is Nc1ccccc1NC(=O)CCCC(=O)NCc1cccc(-c2cccc([C@H]3O[C@@H](CN4CCCCCCC4)C[C@@H](c4ccc(CO)cc4)O3)c2)c1. The molecule has 0 spiro atoms. The lowest BCUT2D eigenvalue weighted by atomic mass is 9.98. The fourth-order valence-electron chi connectivity index (χ4n) is 7.06. The summed E-state index contributed by atoms with van der Waals surface area (Å²) < 4.78 is 13.4. The van der Waals surface area contributed by atoms with E-state index in [1.807, 2.05) is 42.5 Å². The molecule has 2 amide bonds. The minimum atomic E-state index is -0.523. The molecule has 0 aromatic heterocycles. The van der Waals surface area contributed by atoms with Gasteiger partial charge < -0.3 is 35.8 Å². The van der Waals surface area contributed by atoms with Crippen molar-refractivity contribution in [2.24, 2.45) is 0 Å². The number of para-hydroxylation sites is 2. The summed E-state index contributed by atoms with van der Waals surface area (Å²) in [5.41, 5.74) is 13.0. The van der Waals surface area contributed by atoms with E-state index in [1.165, 1.54) is 32.1 Å². The molecule has 0 radical (unpaired) electrons. The molecule has 4 aromatic rings. The second-order valence-electron chi connectivity index (χ2n) is 14.0. The summed E-state index contributed by atoms with van der Waals surface area (Å²) in [4.78, 5) is 27.5. The lowest BCUT2D eigenvalue weighted by Crippen LogP contribution is -2.40. The van der Waals surface area contributed by atoms with Crippen LogP contribution in [0.2, 0.25) is 0 Å². The minimum absolute atomic E-state index is 0.0156. The Morgan fingerprint density at radius 2 is 1.46 bits per heavy atom. The molecule has 0 bridgehead atoms. The van der Waals surface area contributed by atoms with Crippen molar-refractivity contribution < 1.29 is 24.2 Å². The molecule has 2 fully saturated rings. The zero-order chi connectivity index (χ0) is 36.1. The van der Waals surface area contributed by atoms with E-state index >= 15 is 0 Å².